The second-order valence-corrected chi connectivity index (χ2v) is 6.81. The molecule has 1 amide bonds. The van der Waals surface area contributed by atoms with Crippen LogP contribution in [0.5, 0.6) is 0 Å². The van der Waals surface area contributed by atoms with E-state index in [4.69, 9.17) is 0 Å². The number of unbranched alkanes of at least 4 members (excludes halogenated alkanes) is 4. The van der Waals surface area contributed by atoms with Crippen LogP contribution in [-0.2, 0) is 11.3 Å². The van der Waals surface area contributed by atoms with Crippen molar-refractivity contribution < 1.29 is 4.79 Å². The first-order valence-corrected chi connectivity index (χ1v) is 9.30. The van der Waals surface area contributed by atoms with Crippen LogP contribution in [0.4, 0.5) is 0 Å². The second-order valence-electron chi connectivity index (χ2n) is 6.81. The lowest BCUT2D eigenvalue weighted by Crippen LogP contribution is -2.37. The zero-order chi connectivity index (χ0) is 18.2. The summed E-state index contributed by atoms with van der Waals surface area (Å²) in [5, 5.41) is 0.574. The molecule has 25 heavy (non-hydrogen) atoms. The topological polar surface area (TPSA) is 66.1 Å². The smallest absolute Gasteiger partial charge is 0.258 e. The number of fused-ring (bicyclic) bond motifs is 1. The summed E-state index contributed by atoms with van der Waals surface area (Å²) in [6.45, 7) is 6.51. The van der Waals surface area contributed by atoms with Crippen molar-refractivity contribution >= 4 is 16.8 Å². The molecule has 0 aliphatic rings. The van der Waals surface area contributed by atoms with Gasteiger partial charge < -0.3 is 9.88 Å². The highest BCUT2D eigenvalue weighted by Crippen LogP contribution is 2.12. The fraction of sp³-hybridized carbons (Fsp3) is 0.550. The first-order chi connectivity index (χ1) is 12.0. The van der Waals surface area contributed by atoms with E-state index in [9.17, 15) is 9.59 Å². The van der Waals surface area contributed by atoms with Crippen LogP contribution in [0.1, 0.15) is 65.1 Å². The van der Waals surface area contributed by atoms with Gasteiger partial charge in [-0.15, -0.1) is 0 Å². The molecule has 5 nitrogen and oxygen atoms in total. The molecule has 0 radical (unpaired) electrons. The van der Waals surface area contributed by atoms with E-state index in [1.807, 2.05) is 32.0 Å². The van der Waals surface area contributed by atoms with Crippen molar-refractivity contribution in [2.75, 3.05) is 0 Å². The summed E-state index contributed by atoms with van der Waals surface area (Å²) in [5.41, 5.74) is 0.508. The largest absolute Gasteiger partial charge is 0.333 e. The lowest BCUT2D eigenvalue weighted by atomic mass is 10.1. The van der Waals surface area contributed by atoms with Gasteiger partial charge in [0.15, 0.2) is 0 Å². The number of nitrogens with zero attached hydrogens (tertiary/aromatic N) is 2. The number of benzene rings is 1. The van der Waals surface area contributed by atoms with Gasteiger partial charge in [0.25, 0.3) is 5.56 Å². The molecular weight excluding hydrogens is 314 g/mol. The summed E-state index contributed by atoms with van der Waals surface area (Å²) in [6, 6.07) is 7.33. The molecule has 0 aliphatic heterocycles. The Hall–Kier alpha value is -2.17. The molecule has 2 rings (SSSR count). The van der Waals surface area contributed by atoms with E-state index in [0.717, 1.165) is 12.8 Å². The van der Waals surface area contributed by atoms with Crippen LogP contribution in [-0.4, -0.2) is 26.8 Å². The zero-order valence-corrected chi connectivity index (χ0v) is 15.5. The third-order valence-electron chi connectivity index (χ3n) is 4.42. The number of hydrogen-bond acceptors (Lipinski definition) is 3. The molecular formula is C20H29N3O2. The van der Waals surface area contributed by atoms with Crippen LogP contribution in [0.15, 0.2) is 29.1 Å². The molecule has 1 N–H and O–H groups in total. The average Bonchev–Trinajstić information content (AvgIpc) is 2.59. The monoisotopic (exact) mass is 343 g/mol. The lowest BCUT2D eigenvalue weighted by molar-refractivity contribution is -0.133. The average molecular weight is 343 g/mol. The third-order valence-corrected chi connectivity index (χ3v) is 4.42. The molecule has 0 saturated heterocycles. The standard InChI is InChI=1S/C20H29N3O2/c1-4-5-6-7-8-13-19(24)23(15(2)3)14-18-21-17-12-10-9-11-16(17)20(25)22-18/h9-12,15H,4-8,13-14H2,1-3H3,(H,21,22,25). The summed E-state index contributed by atoms with van der Waals surface area (Å²) in [6.07, 6.45) is 6.18. The molecule has 1 aromatic carbocycles. The van der Waals surface area contributed by atoms with Crippen LogP contribution in [0, 0.1) is 0 Å². The molecule has 0 saturated carbocycles. The number of aromatic amines is 1. The Balaban J connectivity index is 2.06. The molecule has 0 fully saturated rings. The number of amides is 1. The van der Waals surface area contributed by atoms with Gasteiger partial charge in [-0.2, -0.15) is 0 Å². The SMILES string of the molecule is CCCCCCCC(=O)N(Cc1nc2ccccc2c(=O)[nH]1)C(C)C. The quantitative estimate of drug-likeness (QED) is 0.699. The summed E-state index contributed by atoms with van der Waals surface area (Å²) >= 11 is 0. The van der Waals surface area contributed by atoms with Gasteiger partial charge in [0, 0.05) is 12.5 Å². The Labute approximate surface area is 149 Å². The predicted molar refractivity (Wildman–Crippen MR) is 101 cm³/mol. The summed E-state index contributed by atoms with van der Waals surface area (Å²) < 4.78 is 0. The molecule has 0 bridgehead atoms. The fourth-order valence-corrected chi connectivity index (χ4v) is 2.95. The van der Waals surface area contributed by atoms with Crippen molar-refractivity contribution in [2.45, 2.75) is 71.9 Å². The molecule has 0 aliphatic carbocycles. The minimum absolute atomic E-state index is 0.0694. The minimum atomic E-state index is -0.156. The van der Waals surface area contributed by atoms with Crippen LogP contribution in [0.3, 0.4) is 0 Å². The van der Waals surface area contributed by atoms with Gasteiger partial charge in [-0.3, -0.25) is 9.59 Å². The summed E-state index contributed by atoms with van der Waals surface area (Å²) in [7, 11) is 0. The zero-order valence-electron chi connectivity index (χ0n) is 15.5. The number of para-hydroxylation sites is 1. The highest BCUT2D eigenvalue weighted by Gasteiger charge is 2.18. The Morgan fingerprint density at radius 1 is 1.16 bits per heavy atom. The van der Waals surface area contributed by atoms with E-state index in [1.54, 1.807) is 11.0 Å². The third kappa shape index (κ3) is 5.41. The maximum atomic E-state index is 12.6. The van der Waals surface area contributed by atoms with Gasteiger partial charge in [0.2, 0.25) is 5.91 Å². The van der Waals surface area contributed by atoms with Crippen molar-refractivity contribution in [1.29, 1.82) is 0 Å². The van der Waals surface area contributed by atoms with E-state index in [0.29, 0.717) is 29.7 Å². The number of nitrogens with one attached hydrogen (secondary N) is 1. The Bertz CT molecular complexity index is 752. The fourth-order valence-electron chi connectivity index (χ4n) is 2.95. The Morgan fingerprint density at radius 2 is 1.88 bits per heavy atom. The molecule has 136 valence electrons. The molecule has 5 heteroatoms. The van der Waals surface area contributed by atoms with Crippen molar-refractivity contribution in [1.82, 2.24) is 14.9 Å². The molecule has 2 aromatic rings. The van der Waals surface area contributed by atoms with Crippen LogP contribution in [0.2, 0.25) is 0 Å². The van der Waals surface area contributed by atoms with Gasteiger partial charge in [-0.05, 0) is 32.4 Å². The van der Waals surface area contributed by atoms with E-state index in [1.165, 1.54) is 19.3 Å². The first-order valence-electron chi connectivity index (χ1n) is 9.30. The molecule has 0 unspecified atom stereocenters. The van der Waals surface area contributed by atoms with Gasteiger partial charge in [0.1, 0.15) is 5.82 Å². The van der Waals surface area contributed by atoms with Gasteiger partial charge in [0.05, 0.1) is 17.4 Å². The van der Waals surface area contributed by atoms with E-state index in [-0.39, 0.29) is 17.5 Å². The maximum Gasteiger partial charge on any atom is 0.258 e. The number of carbonyl (C=O) groups excluding carboxylic acids is 1. The van der Waals surface area contributed by atoms with E-state index >= 15 is 0 Å². The Morgan fingerprint density at radius 3 is 2.60 bits per heavy atom. The number of aromatic nitrogens is 2. The molecule has 0 atom stereocenters. The van der Waals surface area contributed by atoms with Crippen LogP contribution >= 0.6 is 0 Å². The molecule has 1 heterocycles. The molecule has 1 aromatic heterocycles. The van der Waals surface area contributed by atoms with Crippen molar-refractivity contribution in [3.63, 3.8) is 0 Å². The summed E-state index contributed by atoms with van der Waals surface area (Å²) in [4.78, 5) is 33.9. The minimum Gasteiger partial charge on any atom is -0.333 e. The van der Waals surface area contributed by atoms with Crippen molar-refractivity contribution in [2.24, 2.45) is 0 Å². The van der Waals surface area contributed by atoms with E-state index < -0.39 is 0 Å². The number of hydrogen-bond donors (Lipinski definition) is 1. The summed E-state index contributed by atoms with van der Waals surface area (Å²) in [5.74, 6) is 0.666. The number of rotatable bonds is 9. The van der Waals surface area contributed by atoms with Crippen LogP contribution in [0.25, 0.3) is 10.9 Å². The van der Waals surface area contributed by atoms with E-state index in [2.05, 4.69) is 16.9 Å². The highest BCUT2D eigenvalue weighted by atomic mass is 16.2. The highest BCUT2D eigenvalue weighted by molar-refractivity contribution is 5.78. The van der Waals surface area contributed by atoms with Gasteiger partial charge >= 0.3 is 0 Å². The van der Waals surface area contributed by atoms with Gasteiger partial charge in [-0.1, -0.05) is 44.7 Å². The van der Waals surface area contributed by atoms with Gasteiger partial charge in [-0.25, -0.2) is 4.98 Å². The first kappa shape index (κ1) is 19.2. The molecule has 0 spiro atoms. The maximum absolute atomic E-state index is 12.6. The van der Waals surface area contributed by atoms with Crippen molar-refractivity contribution in [3.8, 4) is 0 Å². The number of carbonyl (C=O) groups is 1. The number of H-pyrrole nitrogens is 1. The van der Waals surface area contributed by atoms with Crippen LogP contribution < -0.4 is 5.56 Å². The lowest BCUT2D eigenvalue weighted by Gasteiger charge is -2.26. The second kappa shape index (κ2) is 9.35. The van der Waals surface area contributed by atoms with Crippen molar-refractivity contribution in [3.05, 3.63) is 40.4 Å². The Kier molecular flexibility index (Phi) is 7.16. The normalized spacial score (nSPS) is 11.2. The predicted octanol–water partition coefficient (Wildman–Crippen LogP) is 4.02.